The maximum atomic E-state index is 6.05. The molecule has 0 amide bonds. The lowest BCUT2D eigenvalue weighted by atomic mass is 10.1. The van der Waals surface area contributed by atoms with E-state index in [1.54, 1.807) is 0 Å². The van der Waals surface area contributed by atoms with Crippen molar-refractivity contribution in [2.75, 3.05) is 18.1 Å². The van der Waals surface area contributed by atoms with Crippen LogP contribution in [0.2, 0.25) is 0 Å². The van der Waals surface area contributed by atoms with Crippen molar-refractivity contribution in [3.8, 4) is 0 Å². The fourth-order valence-corrected chi connectivity index (χ4v) is 3.23. The van der Waals surface area contributed by atoms with Crippen molar-refractivity contribution in [1.82, 2.24) is 4.98 Å². The van der Waals surface area contributed by atoms with Gasteiger partial charge in [-0.05, 0) is 24.3 Å². The lowest BCUT2D eigenvalue weighted by Gasteiger charge is -2.39. The number of pyridine rings is 1. The smallest absolute Gasteiger partial charge is 0.136 e. The van der Waals surface area contributed by atoms with Gasteiger partial charge in [-0.3, -0.25) is 0 Å². The number of nitrogens with zero attached hydrogens (tertiary/aromatic N) is 2. The van der Waals surface area contributed by atoms with E-state index in [4.69, 9.17) is 21.3 Å². The predicted molar refractivity (Wildman–Crippen MR) is 88.1 cm³/mol. The van der Waals surface area contributed by atoms with Gasteiger partial charge in [0.05, 0.1) is 18.8 Å². The van der Waals surface area contributed by atoms with E-state index in [0.717, 1.165) is 31.0 Å². The summed E-state index contributed by atoms with van der Waals surface area (Å²) in [4.78, 5) is 7.12. The summed E-state index contributed by atoms with van der Waals surface area (Å²) in [6.07, 6.45) is 3.21. The number of aromatic nitrogens is 1. The number of rotatable bonds is 3. The van der Waals surface area contributed by atoms with Crippen LogP contribution >= 0.6 is 11.6 Å². The van der Waals surface area contributed by atoms with Gasteiger partial charge in [0.2, 0.25) is 0 Å². The standard InChI is InChI=1S/C17H21ClN2O/c1-3-14-11-21-12(2)10-20(14)17-16-7-5-4-6-15(16)13(8-18)9-19-17/h4-7,9,12,14H,3,8,10-11H2,1-2H3. The number of fused-ring (bicyclic) bond motifs is 1. The van der Waals surface area contributed by atoms with E-state index in [9.17, 15) is 0 Å². The average molecular weight is 305 g/mol. The number of ether oxygens (including phenoxy) is 1. The summed E-state index contributed by atoms with van der Waals surface area (Å²) in [6.45, 7) is 5.97. The highest BCUT2D eigenvalue weighted by molar-refractivity contribution is 6.18. The summed E-state index contributed by atoms with van der Waals surface area (Å²) in [7, 11) is 0. The molecular weight excluding hydrogens is 284 g/mol. The molecule has 0 radical (unpaired) electrons. The third-order valence-electron chi connectivity index (χ3n) is 4.21. The minimum Gasteiger partial charge on any atom is -0.375 e. The Morgan fingerprint density at radius 2 is 2.10 bits per heavy atom. The highest BCUT2D eigenvalue weighted by atomic mass is 35.5. The van der Waals surface area contributed by atoms with Gasteiger partial charge in [0.25, 0.3) is 0 Å². The maximum absolute atomic E-state index is 6.05. The molecule has 2 heterocycles. The van der Waals surface area contributed by atoms with Gasteiger partial charge >= 0.3 is 0 Å². The number of hydrogen-bond donors (Lipinski definition) is 0. The van der Waals surface area contributed by atoms with Crippen LogP contribution in [-0.4, -0.2) is 30.3 Å². The number of hydrogen-bond acceptors (Lipinski definition) is 3. The second kappa shape index (κ2) is 6.20. The number of alkyl halides is 1. The van der Waals surface area contributed by atoms with Gasteiger partial charge in [0, 0.05) is 24.0 Å². The van der Waals surface area contributed by atoms with Crippen molar-refractivity contribution in [1.29, 1.82) is 0 Å². The lowest BCUT2D eigenvalue weighted by molar-refractivity contribution is 0.0297. The third kappa shape index (κ3) is 2.72. The molecule has 0 N–H and O–H groups in total. The number of benzene rings is 1. The summed E-state index contributed by atoms with van der Waals surface area (Å²) < 4.78 is 5.80. The van der Waals surface area contributed by atoms with E-state index < -0.39 is 0 Å². The van der Waals surface area contributed by atoms with Crippen LogP contribution in [0.15, 0.2) is 30.5 Å². The Morgan fingerprint density at radius 1 is 1.33 bits per heavy atom. The molecule has 1 aromatic heterocycles. The van der Waals surface area contributed by atoms with Crippen LogP contribution in [-0.2, 0) is 10.6 Å². The summed E-state index contributed by atoms with van der Waals surface area (Å²) in [6, 6.07) is 8.78. The van der Waals surface area contributed by atoms with Crippen LogP contribution in [0.1, 0.15) is 25.8 Å². The van der Waals surface area contributed by atoms with Crippen LogP contribution < -0.4 is 4.90 Å². The zero-order valence-corrected chi connectivity index (χ0v) is 13.3. The first-order valence-corrected chi connectivity index (χ1v) is 8.08. The topological polar surface area (TPSA) is 25.4 Å². The molecule has 0 aliphatic carbocycles. The second-order valence-electron chi connectivity index (χ2n) is 5.64. The first-order chi connectivity index (χ1) is 10.2. The molecule has 3 nitrogen and oxygen atoms in total. The number of anilines is 1. The molecule has 0 bridgehead atoms. The van der Waals surface area contributed by atoms with Crippen LogP contribution in [0.3, 0.4) is 0 Å². The summed E-state index contributed by atoms with van der Waals surface area (Å²) in [5, 5.41) is 2.38. The minimum absolute atomic E-state index is 0.237. The van der Waals surface area contributed by atoms with Gasteiger partial charge in [-0.2, -0.15) is 0 Å². The molecule has 1 aliphatic rings. The zero-order chi connectivity index (χ0) is 14.8. The molecule has 2 atom stereocenters. The Labute approximate surface area is 130 Å². The van der Waals surface area contributed by atoms with Crippen molar-refractivity contribution in [3.05, 3.63) is 36.0 Å². The van der Waals surface area contributed by atoms with Gasteiger partial charge < -0.3 is 9.64 Å². The molecule has 1 saturated heterocycles. The first-order valence-electron chi connectivity index (χ1n) is 7.55. The predicted octanol–water partition coefficient (Wildman–Crippen LogP) is 3.98. The Balaban J connectivity index is 2.11. The van der Waals surface area contributed by atoms with E-state index in [0.29, 0.717) is 11.9 Å². The Bertz CT molecular complexity index is 631. The molecule has 4 heteroatoms. The highest BCUT2D eigenvalue weighted by Crippen LogP contribution is 2.31. The summed E-state index contributed by atoms with van der Waals surface area (Å²) in [5.41, 5.74) is 1.09. The molecule has 112 valence electrons. The fraction of sp³-hybridized carbons (Fsp3) is 0.471. The second-order valence-corrected chi connectivity index (χ2v) is 5.91. The SMILES string of the molecule is CCC1COC(C)CN1c1ncc(CCl)c2ccccc12. The van der Waals surface area contributed by atoms with E-state index in [1.165, 1.54) is 10.8 Å². The number of halogens is 1. The zero-order valence-electron chi connectivity index (χ0n) is 12.6. The lowest BCUT2D eigenvalue weighted by Crippen LogP contribution is -2.49. The van der Waals surface area contributed by atoms with Gasteiger partial charge in [-0.25, -0.2) is 4.98 Å². The third-order valence-corrected chi connectivity index (χ3v) is 4.50. The number of morpholine rings is 1. The van der Waals surface area contributed by atoms with Crippen molar-refractivity contribution >= 4 is 28.2 Å². The minimum atomic E-state index is 0.237. The molecule has 0 saturated carbocycles. The van der Waals surface area contributed by atoms with Crippen molar-refractivity contribution in [3.63, 3.8) is 0 Å². The van der Waals surface area contributed by atoms with Crippen LogP contribution in [0.5, 0.6) is 0 Å². The molecule has 1 aromatic carbocycles. The first kappa shape index (κ1) is 14.6. The molecule has 2 aromatic rings. The Hall–Kier alpha value is -1.32. The molecule has 1 aliphatic heterocycles. The monoisotopic (exact) mass is 304 g/mol. The summed E-state index contributed by atoms with van der Waals surface area (Å²) in [5.74, 6) is 1.55. The van der Waals surface area contributed by atoms with E-state index in [2.05, 4.69) is 43.0 Å². The molecule has 0 spiro atoms. The fourth-order valence-electron chi connectivity index (χ4n) is 3.01. The van der Waals surface area contributed by atoms with Crippen LogP contribution in [0.25, 0.3) is 10.8 Å². The van der Waals surface area contributed by atoms with E-state index in [1.807, 2.05) is 6.20 Å². The molecular formula is C17H21ClN2O. The maximum Gasteiger partial charge on any atom is 0.136 e. The normalized spacial score (nSPS) is 22.7. The van der Waals surface area contributed by atoms with Gasteiger partial charge in [-0.15, -0.1) is 11.6 Å². The molecule has 1 fully saturated rings. The summed E-state index contributed by atoms with van der Waals surface area (Å²) >= 11 is 6.05. The molecule has 2 unspecified atom stereocenters. The average Bonchev–Trinajstić information content (AvgIpc) is 2.53. The molecule has 3 rings (SSSR count). The van der Waals surface area contributed by atoms with Crippen molar-refractivity contribution in [2.24, 2.45) is 0 Å². The van der Waals surface area contributed by atoms with Gasteiger partial charge in [0.1, 0.15) is 5.82 Å². The quantitative estimate of drug-likeness (QED) is 0.802. The van der Waals surface area contributed by atoms with Gasteiger partial charge in [-0.1, -0.05) is 31.2 Å². The highest BCUT2D eigenvalue weighted by Gasteiger charge is 2.27. The molecule has 21 heavy (non-hydrogen) atoms. The largest absolute Gasteiger partial charge is 0.375 e. The van der Waals surface area contributed by atoms with Gasteiger partial charge in [0.15, 0.2) is 0 Å². The van der Waals surface area contributed by atoms with E-state index in [-0.39, 0.29) is 6.10 Å². The van der Waals surface area contributed by atoms with Crippen LogP contribution in [0, 0.1) is 0 Å². The van der Waals surface area contributed by atoms with Crippen molar-refractivity contribution < 1.29 is 4.74 Å². The Kier molecular flexibility index (Phi) is 4.32. The van der Waals surface area contributed by atoms with Crippen molar-refractivity contribution in [2.45, 2.75) is 38.3 Å². The van der Waals surface area contributed by atoms with E-state index >= 15 is 0 Å². The Morgan fingerprint density at radius 3 is 2.81 bits per heavy atom. The van der Waals surface area contributed by atoms with Crippen LogP contribution in [0.4, 0.5) is 5.82 Å².